The van der Waals surface area contributed by atoms with Crippen molar-refractivity contribution in [3.63, 3.8) is 0 Å². The SMILES string of the molecule is c1ccc(-c2nc(-c3ccccc3)nc(-c3ccc4c(c3)sc3ccc(-c5nc(-c6ccccc6)c6oc7ccccc7c6n5)cc34)n2)cc1. The van der Waals surface area contributed by atoms with Gasteiger partial charge < -0.3 is 4.42 Å². The Hall–Kier alpha value is -6.57. The smallest absolute Gasteiger partial charge is 0.180 e. The van der Waals surface area contributed by atoms with Gasteiger partial charge in [-0.05, 0) is 36.4 Å². The molecule has 0 saturated carbocycles. The third-order valence-electron chi connectivity index (χ3n) is 8.95. The van der Waals surface area contributed by atoms with Crippen LogP contribution in [0.4, 0.5) is 0 Å². The molecule has 0 aliphatic rings. The zero-order chi connectivity index (χ0) is 33.0. The Bertz CT molecular complexity index is 2810. The number of hydrogen-bond acceptors (Lipinski definition) is 7. The average molecular weight is 660 g/mol. The van der Waals surface area contributed by atoms with E-state index < -0.39 is 0 Å². The Labute approximate surface area is 290 Å². The number of hydrogen-bond donors (Lipinski definition) is 0. The van der Waals surface area contributed by atoms with Crippen molar-refractivity contribution in [3.05, 3.63) is 152 Å². The van der Waals surface area contributed by atoms with E-state index in [-0.39, 0.29) is 0 Å². The second kappa shape index (κ2) is 11.5. The maximum Gasteiger partial charge on any atom is 0.180 e. The molecule has 0 aliphatic carbocycles. The minimum atomic E-state index is 0.639. The molecule has 0 radical (unpaired) electrons. The molecular weight excluding hydrogens is 635 g/mol. The molecule has 0 unspecified atom stereocenters. The van der Waals surface area contributed by atoms with E-state index in [4.69, 9.17) is 29.3 Å². The lowest BCUT2D eigenvalue weighted by Crippen LogP contribution is -1.99. The van der Waals surface area contributed by atoms with Crippen LogP contribution in [0.15, 0.2) is 156 Å². The molecule has 0 aliphatic heterocycles. The van der Waals surface area contributed by atoms with Gasteiger partial charge in [0.15, 0.2) is 28.9 Å². The van der Waals surface area contributed by atoms with E-state index in [2.05, 4.69) is 54.6 Å². The molecule has 10 rings (SSSR count). The molecule has 50 heavy (non-hydrogen) atoms. The van der Waals surface area contributed by atoms with Gasteiger partial charge in [-0.1, -0.05) is 115 Å². The van der Waals surface area contributed by atoms with Crippen LogP contribution in [-0.4, -0.2) is 24.9 Å². The van der Waals surface area contributed by atoms with Crippen molar-refractivity contribution >= 4 is 53.6 Å². The third kappa shape index (κ3) is 4.83. The Morgan fingerprint density at radius 3 is 1.64 bits per heavy atom. The van der Waals surface area contributed by atoms with Gasteiger partial charge in [-0.2, -0.15) is 0 Å². The summed E-state index contributed by atoms with van der Waals surface area (Å²) in [6.07, 6.45) is 0. The van der Waals surface area contributed by atoms with Gasteiger partial charge in [-0.25, -0.2) is 24.9 Å². The maximum atomic E-state index is 6.32. The first-order chi connectivity index (χ1) is 24.7. The van der Waals surface area contributed by atoms with Crippen molar-refractivity contribution in [2.75, 3.05) is 0 Å². The number of para-hydroxylation sites is 1. The highest BCUT2D eigenvalue weighted by atomic mass is 32.1. The molecular formula is C43H25N5OS. The van der Waals surface area contributed by atoms with Crippen LogP contribution >= 0.6 is 11.3 Å². The van der Waals surface area contributed by atoms with Crippen LogP contribution in [0.1, 0.15) is 0 Å². The van der Waals surface area contributed by atoms with E-state index >= 15 is 0 Å². The van der Waals surface area contributed by atoms with Crippen LogP contribution < -0.4 is 0 Å². The van der Waals surface area contributed by atoms with Crippen LogP contribution in [0.5, 0.6) is 0 Å². The van der Waals surface area contributed by atoms with E-state index in [0.29, 0.717) is 28.9 Å². The molecule has 0 bridgehead atoms. The lowest BCUT2D eigenvalue weighted by atomic mass is 10.1. The first-order valence-corrected chi connectivity index (χ1v) is 17.2. The number of fused-ring (bicyclic) bond motifs is 6. The van der Waals surface area contributed by atoms with Crippen LogP contribution in [0.25, 0.3) is 99.1 Å². The van der Waals surface area contributed by atoms with E-state index in [0.717, 1.165) is 65.5 Å². The summed E-state index contributed by atoms with van der Waals surface area (Å²) in [5.41, 5.74) is 7.85. The summed E-state index contributed by atoms with van der Waals surface area (Å²) in [7, 11) is 0. The van der Waals surface area contributed by atoms with Crippen molar-refractivity contribution < 1.29 is 4.42 Å². The molecule has 10 aromatic rings. The lowest BCUT2D eigenvalue weighted by molar-refractivity contribution is 0.667. The first-order valence-electron chi connectivity index (χ1n) is 16.3. The highest BCUT2D eigenvalue weighted by Crippen LogP contribution is 2.40. The van der Waals surface area contributed by atoms with Gasteiger partial charge >= 0.3 is 0 Å². The molecule has 0 fully saturated rings. The van der Waals surface area contributed by atoms with Gasteiger partial charge in [0, 0.05) is 53.4 Å². The quantitative estimate of drug-likeness (QED) is 0.183. The average Bonchev–Trinajstić information content (AvgIpc) is 3.76. The van der Waals surface area contributed by atoms with Gasteiger partial charge in [0.2, 0.25) is 0 Å². The number of nitrogens with zero attached hydrogens (tertiary/aromatic N) is 5. The molecule has 234 valence electrons. The summed E-state index contributed by atoms with van der Waals surface area (Å²) in [6, 6.07) is 51.2. The van der Waals surface area contributed by atoms with Gasteiger partial charge in [0.1, 0.15) is 16.8 Å². The number of benzene rings is 6. The molecule has 0 amide bonds. The minimum Gasteiger partial charge on any atom is -0.452 e. The maximum absolute atomic E-state index is 6.32. The zero-order valence-corrected chi connectivity index (χ0v) is 27.3. The van der Waals surface area contributed by atoms with Gasteiger partial charge in [0.05, 0.1) is 0 Å². The molecule has 0 spiro atoms. The molecule has 0 atom stereocenters. The fourth-order valence-corrected chi connectivity index (χ4v) is 7.63. The van der Waals surface area contributed by atoms with Crippen LogP contribution in [0.3, 0.4) is 0 Å². The molecule has 0 saturated heterocycles. The summed E-state index contributed by atoms with van der Waals surface area (Å²) < 4.78 is 8.66. The monoisotopic (exact) mass is 659 g/mol. The molecule has 7 heteroatoms. The van der Waals surface area contributed by atoms with Crippen molar-refractivity contribution in [2.24, 2.45) is 0 Å². The Morgan fingerprint density at radius 2 is 0.940 bits per heavy atom. The summed E-state index contributed by atoms with van der Waals surface area (Å²) >= 11 is 1.75. The standard InChI is InChI=1S/C43H25N5OS/c1-4-12-26(13-5-1)37-39-38(32-18-10-11-19-34(32)49-39)45-42(44-37)29-21-23-35-33(24-29)31-22-20-30(25-36(31)50-35)43-47-40(27-14-6-2-7-15-27)46-41(48-43)28-16-8-3-9-17-28/h1-25H. The third-order valence-corrected chi connectivity index (χ3v) is 10.1. The van der Waals surface area contributed by atoms with Crippen molar-refractivity contribution in [1.82, 2.24) is 24.9 Å². The fourth-order valence-electron chi connectivity index (χ4n) is 6.50. The highest BCUT2D eigenvalue weighted by molar-refractivity contribution is 7.25. The number of furan rings is 1. The van der Waals surface area contributed by atoms with E-state index in [1.807, 2.05) is 97.1 Å². The number of thiophene rings is 1. The molecule has 4 aromatic heterocycles. The van der Waals surface area contributed by atoms with Crippen molar-refractivity contribution in [2.45, 2.75) is 0 Å². The minimum absolute atomic E-state index is 0.639. The van der Waals surface area contributed by atoms with Gasteiger partial charge in [-0.15, -0.1) is 11.3 Å². The number of rotatable bonds is 5. The molecule has 4 heterocycles. The van der Waals surface area contributed by atoms with Gasteiger partial charge in [0.25, 0.3) is 0 Å². The van der Waals surface area contributed by atoms with Gasteiger partial charge in [-0.3, -0.25) is 0 Å². The topological polar surface area (TPSA) is 77.6 Å². The van der Waals surface area contributed by atoms with Crippen LogP contribution in [0, 0.1) is 0 Å². The largest absolute Gasteiger partial charge is 0.452 e. The summed E-state index contributed by atoms with van der Waals surface area (Å²) in [5.74, 6) is 2.59. The van der Waals surface area contributed by atoms with E-state index in [1.165, 1.54) is 4.70 Å². The van der Waals surface area contributed by atoms with E-state index in [9.17, 15) is 0 Å². The van der Waals surface area contributed by atoms with E-state index in [1.54, 1.807) is 11.3 Å². The normalized spacial score (nSPS) is 11.6. The molecule has 6 nitrogen and oxygen atoms in total. The molecule has 6 aromatic carbocycles. The highest BCUT2D eigenvalue weighted by Gasteiger charge is 2.19. The summed E-state index contributed by atoms with van der Waals surface area (Å²) in [6.45, 7) is 0. The fraction of sp³-hybridized carbons (Fsp3) is 0. The van der Waals surface area contributed by atoms with Crippen molar-refractivity contribution in [1.29, 1.82) is 0 Å². The number of aromatic nitrogens is 5. The second-order valence-electron chi connectivity index (χ2n) is 12.1. The molecule has 0 N–H and O–H groups in total. The lowest BCUT2D eigenvalue weighted by Gasteiger charge is -2.08. The Morgan fingerprint density at radius 1 is 0.380 bits per heavy atom. The Balaban J connectivity index is 1.11. The van der Waals surface area contributed by atoms with Crippen LogP contribution in [-0.2, 0) is 0 Å². The predicted molar refractivity (Wildman–Crippen MR) is 203 cm³/mol. The van der Waals surface area contributed by atoms with Crippen molar-refractivity contribution in [3.8, 4) is 56.8 Å². The van der Waals surface area contributed by atoms with Crippen LogP contribution in [0.2, 0.25) is 0 Å². The predicted octanol–water partition coefficient (Wildman–Crippen LogP) is 11.3. The zero-order valence-electron chi connectivity index (χ0n) is 26.5. The summed E-state index contributed by atoms with van der Waals surface area (Å²) in [4.78, 5) is 24.9. The Kier molecular flexibility index (Phi) is 6.57. The second-order valence-corrected chi connectivity index (χ2v) is 13.2. The first kappa shape index (κ1) is 28.4. The summed E-state index contributed by atoms with van der Waals surface area (Å²) in [5, 5.41) is 3.29.